The van der Waals surface area contributed by atoms with Crippen LogP contribution in [0.15, 0.2) is 18.3 Å². The molecule has 1 aromatic rings. The number of fused-ring (bicyclic) bond motifs is 1. The minimum atomic E-state index is 0.0428. The Kier molecular flexibility index (Phi) is 1.49. The van der Waals surface area contributed by atoms with Crippen molar-refractivity contribution in [1.82, 2.24) is 8.49 Å². The van der Waals surface area contributed by atoms with Crippen molar-refractivity contribution in [2.75, 3.05) is 6.54 Å². The molecule has 0 radical (unpaired) electrons. The summed E-state index contributed by atoms with van der Waals surface area (Å²) in [6.45, 7) is 1.61. The number of carbonyl (C=O) groups excluding carboxylic acids is 1. The zero-order chi connectivity index (χ0) is 7.84. The van der Waals surface area contributed by atoms with Gasteiger partial charge in [0.25, 0.3) is 5.91 Å². The lowest BCUT2D eigenvalue weighted by atomic mass is 10.3. The molecule has 3 nitrogen and oxygen atoms in total. The van der Waals surface area contributed by atoms with Gasteiger partial charge in [-0.1, -0.05) is 0 Å². The molecule has 2 rings (SSSR count). The molecule has 0 spiro atoms. The minimum Gasteiger partial charge on any atom is -0.342 e. The minimum absolute atomic E-state index is 0.0428. The largest absolute Gasteiger partial charge is 0.342 e. The molecule has 2 heterocycles. The second-order valence-corrected chi connectivity index (χ2v) is 3.33. The van der Waals surface area contributed by atoms with Crippen LogP contribution in [0.1, 0.15) is 10.5 Å². The van der Waals surface area contributed by atoms with Gasteiger partial charge in [-0.2, -0.15) is 0 Å². The maximum absolute atomic E-state index is 11.3. The average molecular weight is 215 g/mol. The zero-order valence-corrected chi connectivity index (χ0v) is 7.41. The number of halogens is 1. The average Bonchev–Trinajstić information content (AvgIpc) is 2.45. The smallest absolute Gasteiger partial charge is 0.280 e. The van der Waals surface area contributed by atoms with E-state index in [4.69, 9.17) is 0 Å². The van der Waals surface area contributed by atoms with E-state index < -0.39 is 0 Å². The van der Waals surface area contributed by atoms with Gasteiger partial charge in [0.15, 0.2) is 0 Å². The third kappa shape index (κ3) is 0.976. The molecule has 4 heteroatoms. The van der Waals surface area contributed by atoms with E-state index in [1.807, 2.05) is 22.9 Å². The van der Waals surface area contributed by atoms with E-state index in [0.717, 1.165) is 18.8 Å². The second kappa shape index (κ2) is 2.37. The molecule has 0 unspecified atom stereocenters. The van der Waals surface area contributed by atoms with Crippen LogP contribution in [-0.4, -0.2) is 20.9 Å². The van der Waals surface area contributed by atoms with Crippen LogP contribution >= 0.6 is 16.1 Å². The molecule has 0 aromatic carbocycles. The van der Waals surface area contributed by atoms with Gasteiger partial charge in [-0.3, -0.25) is 8.72 Å². The highest BCUT2D eigenvalue weighted by molar-refractivity contribution is 9.07. The van der Waals surface area contributed by atoms with Gasteiger partial charge in [0.2, 0.25) is 0 Å². The first-order chi connectivity index (χ1) is 5.29. The van der Waals surface area contributed by atoms with Crippen molar-refractivity contribution < 1.29 is 4.79 Å². The Morgan fingerprint density at radius 2 is 2.27 bits per heavy atom. The van der Waals surface area contributed by atoms with Crippen LogP contribution in [-0.2, 0) is 6.54 Å². The summed E-state index contributed by atoms with van der Waals surface area (Å²) in [6, 6.07) is 3.72. The molecule has 1 aromatic heterocycles. The number of nitrogens with zero attached hydrogens (tertiary/aromatic N) is 2. The molecule has 0 saturated heterocycles. The lowest BCUT2D eigenvalue weighted by molar-refractivity contribution is 0.0844. The molecule has 11 heavy (non-hydrogen) atoms. The van der Waals surface area contributed by atoms with Crippen LogP contribution in [0.25, 0.3) is 0 Å². The number of rotatable bonds is 0. The van der Waals surface area contributed by atoms with Crippen LogP contribution < -0.4 is 0 Å². The first-order valence-corrected chi connectivity index (χ1v) is 4.13. The number of carbonyl (C=O) groups is 1. The van der Waals surface area contributed by atoms with Gasteiger partial charge in [-0.05, 0) is 12.1 Å². The summed E-state index contributed by atoms with van der Waals surface area (Å²) in [6.07, 6.45) is 1.92. The van der Waals surface area contributed by atoms with Crippen molar-refractivity contribution in [2.45, 2.75) is 6.54 Å². The first kappa shape index (κ1) is 6.91. The topological polar surface area (TPSA) is 25.2 Å². The van der Waals surface area contributed by atoms with Crippen molar-refractivity contribution in [1.29, 1.82) is 0 Å². The SMILES string of the molecule is O=C1c2cccn2CCN1Br. The molecule has 0 saturated carbocycles. The summed E-state index contributed by atoms with van der Waals surface area (Å²) >= 11 is 3.18. The molecule has 0 fully saturated rings. The van der Waals surface area contributed by atoms with Crippen molar-refractivity contribution in [3.63, 3.8) is 0 Å². The predicted octanol–water partition coefficient (Wildman–Crippen LogP) is 1.25. The summed E-state index contributed by atoms with van der Waals surface area (Å²) in [5, 5.41) is 0. The van der Waals surface area contributed by atoms with Crippen LogP contribution in [0.3, 0.4) is 0 Å². The fourth-order valence-corrected chi connectivity index (χ4v) is 1.56. The third-order valence-corrected chi connectivity index (χ3v) is 2.48. The van der Waals surface area contributed by atoms with Gasteiger partial charge in [-0.15, -0.1) is 0 Å². The zero-order valence-electron chi connectivity index (χ0n) is 5.83. The van der Waals surface area contributed by atoms with Crippen molar-refractivity contribution in [3.05, 3.63) is 24.0 Å². The summed E-state index contributed by atoms with van der Waals surface area (Å²) < 4.78 is 3.52. The Morgan fingerprint density at radius 3 is 3.09 bits per heavy atom. The monoisotopic (exact) mass is 214 g/mol. The molecular weight excluding hydrogens is 208 g/mol. The van der Waals surface area contributed by atoms with Crippen molar-refractivity contribution in [3.8, 4) is 0 Å². The van der Waals surface area contributed by atoms with Crippen molar-refractivity contribution >= 4 is 22.1 Å². The Hall–Kier alpha value is -0.770. The van der Waals surface area contributed by atoms with Gasteiger partial charge in [0.1, 0.15) is 5.69 Å². The van der Waals surface area contributed by atoms with E-state index >= 15 is 0 Å². The second-order valence-electron chi connectivity index (χ2n) is 2.48. The Morgan fingerprint density at radius 1 is 1.45 bits per heavy atom. The van der Waals surface area contributed by atoms with Crippen LogP contribution in [0.5, 0.6) is 0 Å². The Labute approximate surface area is 72.9 Å². The van der Waals surface area contributed by atoms with E-state index in [1.54, 1.807) is 3.93 Å². The van der Waals surface area contributed by atoms with Gasteiger partial charge >= 0.3 is 0 Å². The van der Waals surface area contributed by atoms with Crippen molar-refractivity contribution in [2.24, 2.45) is 0 Å². The maximum atomic E-state index is 11.3. The molecule has 1 amide bonds. The van der Waals surface area contributed by atoms with E-state index in [9.17, 15) is 4.79 Å². The molecule has 0 aliphatic carbocycles. The number of hydrogen-bond donors (Lipinski definition) is 0. The Balaban J connectivity index is 2.46. The fraction of sp³-hybridized carbons (Fsp3) is 0.286. The Bertz CT molecular complexity index is 294. The van der Waals surface area contributed by atoms with Crippen LogP contribution in [0.2, 0.25) is 0 Å². The summed E-state index contributed by atoms with van der Waals surface area (Å²) in [5.41, 5.74) is 0.758. The molecule has 0 bridgehead atoms. The molecular formula is C7H7BrN2O. The number of hydrogen-bond acceptors (Lipinski definition) is 1. The van der Waals surface area contributed by atoms with Crippen LogP contribution in [0.4, 0.5) is 0 Å². The highest BCUT2D eigenvalue weighted by Gasteiger charge is 2.21. The summed E-state index contributed by atoms with van der Waals surface area (Å²) in [7, 11) is 0. The molecule has 58 valence electrons. The van der Waals surface area contributed by atoms with E-state index in [-0.39, 0.29) is 5.91 Å². The third-order valence-electron chi connectivity index (χ3n) is 1.81. The summed E-state index contributed by atoms with van der Waals surface area (Å²) in [5.74, 6) is 0.0428. The van der Waals surface area contributed by atoms with Crippen LogP contribution in [0, 0.1) is 0 Å². The maximum Gasteiger partial charge on any atom is 0.280 e. The standard InChI is InChI=1S/C7H7BrN2O/c8-10-5-4-9-3-1-2-6(9)7(10)11/h1-3H,4-5H2. The summed E-state index contributed by atoms with van der Waals surface area (Å²) in [4.78, 5) is 11.3. The number of aromatic nitrogens is 1. The lowest BCUT2D eigenvalue weighted by Crippen LogP contribution is -2.32. The molecule has 1 aliphatic rings. The quantitative estimate of drug-likeness (QED) is 0.598. The first-order valence-electron chi connectivity index (χ1n) is 3.42. The molecule has 1 aliphatic heterocycles. The lowest BCUT2D eigenvalue weighted by Gasteiger charge is -2.21. The van der Waals surface area contributed by atoms with Gasteiger partial charge in [0.05, 0.1) is 22.7 Å². The molecule has 0 N–H and O–H groups in total. The van der Waals surface area contributed by atoms with Gasteiger partial charge in [-0.25, -0.2) is 0 Å². The van der Waals surface area contributed by atoms with Gasteiger partial charge in [0, 0.05) is 12.7 Å². The molecule has 0 atom stereocenters. The van der Waals surface area contributed by atoms with E-state index in [2.05, 4.69) is 16.1 Å². The van der Waals surface area contributed by atoms with Gasteiger partial charge < -0.3 is 4.57 Å². The number of amides is 1. The van der Waals surface area contributed by atoms with E-state index in [1.165, 1.54) is 0 Å². The normalized spacial score (nSPS) is 16.8. The highest BCUT2D eigenvalue weighted by Crippen LogP contribution is 2.15. The fourth-order valence-electron chi connectivity index (χ4n) is 1.22. The predicted molar refractivity (Wildman–Crippen MR) is 44.4 cm³/mol. The highest BCUT2D eigenvalue weighted by atomic mass is 79.9. The van der Waals surface area contributed by atoms with E-state index in [0.29, 0.717) is 0 Å².